The molecule has 1 aliphatic rings. The summed E-state index contributed by atoms with van der Waals surface area (Å²) in [5, 5.41) is 9.94. The lowest BCUT2D eigenvalue weighted by molar-refractivity contribution is -0.144. The summed E-state index contributed by atoms with van der Waals surface area (Å²) in [7, 11) is 1.80. The minimum absolute atomic E-state index is 0.0922. The molecule has 1 aromatic carbocycles. The fourth-order valence-electron chi connectivity index (χ4n) is 3.51. The number of rotatable bonds is 5. The van der Waals surface area contributed by atoms with Crippen molar-refractivity contribution in [2.45, 2.75) is 52.5 Å². The molecule has 1 saturated heterocycles. The second-order valence-electron chi connectivity index (χ2n) is 7.22. The molecular weight excluding hydrogens is 304 g/mol. The maximum Gasteiger partial charge on any atom is 0.240 e. The van der Waals surface area contributed by atoms with E-state index in [4.69, 9.17) is 4.74 Å². The van der Waals surface area contributed by atoms with Crippen LogP contribution in [-0.2, 0) is 16.1 Å². The topological polar surface area (TPSA) is 53.0 Å². The molecular formula is C19H30N2O3. The summed E-state index contributed by atoms with van der Waals surface area (Å²) in [6, 6.07) is 6.99. The van der Waals surface area contributed by atoms with E-state index in [0.717, 1.165) is 18.7 Å². The highest BCUT2D eigenvalue weighted by Crippen LogP contribution is 2.22. The van der Waals surface area contributed by atoms with Gasteiger partial charge in [-0.15, -0.1) is 0 Å². The number of hydrogen-bond acceptors (Lipinski definition) is 4. The van der Waals surface area contributed by atoms with E-state index >= 15 is 0 Å². The minimum atomic E-state index is -0.172. The lowest BCUT2D eigenvalue weighted by atomic mass is 9.99. The SMILES string of the molecule is CC1CN(C(C(=O)N(C)Cc2ccccc2O)C(C)C)CC(C)O1. The van der Waals surface area contributed by atoms with Gasteiger partial charge < -0.3 is 14.7 Å². The Morgan fingerprint density at radius 3 is 2.42 bits per heavy atom. The van der Waals surface area contributed by atoms with Gasteiger partial charge in [0.15, 0.2) is 0 Å². The maximum absolute atomic E-state index is 13.1. The number of nitrogens with zero attached hydrogens (tertiary/aromatic N) is 2. The van der Waals surface area contributed by atoms with Gasteiger partial charge >= 0.3 is 0 Å². The van der Waals surface area contributed by atoms with Crippen LogP contribution in [0.3, 0.4) is 0 Å². The van der Waals surface area contributed by atoms with Crippen molar-refractivity contribution in [3.05, 3.63) is 29.8 Å². The molecule has 1 aromatic rings. The Morgan fingerprint density at radius 1 is 1.29 bits per heavy atom. The summed E-state index contributed by atoms with van der Waals surface area (Å²) in [6.07, 6.45) is 0.262. The average molecular weight is 334 g/mol. The number of aromatic hydroxyl groups is 1. The van der Waals surface area contributed by atoms with Gasteiger partial charge in [-0.3, -0.25) is 9.69 Å². The molecule has 0 spiro atoms. The monoisotopic (exact) mass is 334 g/mol. The van der Waals surface area contributed by atoms with Crippen molar-refractivity contribution in [3.8, 4) is 5.75 Å². The fraction of sp³-hybridized carbons (Fsp3) is 0.632. The molecule has 1 N–H and O–H groups in total. The van der Waals surface area contributed by atoms with Crippen molar-refractivity contribution in [2.75, 3.05) is 20.1 Å². The molecule has 0 radical (unpaired) electrons. The Labute approximate surface area is 145 Å². The van der Waals surface area contributed by atoms with Crippen molar-refractivity contribution in [3.63, 3.8) is 0 Å². The Hall–Kier alpha value is -1.59. The number of ether oxygens (including phenoxy) is 1. The van der Waals surface area contributed by atoms with Gasteiger partial charge in [-0.05, 0) is 25.8 Å². The summed E-state index contributed by atoms with van der Waals surface area (Å²) < 4.78 is 5.80. The molecule has 2 rings (SSSR count). The Bertz CT molecular complexity index is 551. The van der Waals surface area contributed by atoms with E-state index in [2.05, 4.69) is 32.6 Å². The predicted octanol–water partition coefficient (Wildman–Crippen LogP) is 2.48. The molecule has 5 heteroatoms. The summed E-state index contributed by atoms with van der Waals surface area (Å²) in [5.74, 6) is 0.531. The van der Waals surface area contributed by atoms with Crippen LogP contribution in [0.1, 0.15) is 33.3 Å². The van der Waals surface area contributed by atoms with E-state index in [1.165, 1.54) is 0 Å². The van der Waals surface area contributed by atoms with Crippen LogP contribution >= 0.6 is 0 Å². The molecule has 24 heavy (non-hydrogen) atoms. The number of carbonyl (C=O) groups excluding carboxylic acids is 1. The zero-order valence-electron chi connectivity index (χ0n) is 15.4. The van der Waals surface area contributed by atoms with Gasteiger partial charge in [-0.2, -0.15) is 0 Å². The van der Waals surface area contributed by atoms with Crippen molar-refractivity contribution in [1.29, 1.82) is 0 Å². The molecule has 0 bridgehead atoms. The Balaban J connectivity index is 2.12. The Kier molecular flexibility index (Phi) is 6.24. The first-order valence-electron chi connectivity index (χ1n) is 8.71. The zero-order chi connectivity index (χ0) is 17.9. The molecule has 0 aliphatic carbocycles. The highest BCUT2D eigenvalue weighted by Gasteiger charge is 2.35. The molecule has 0 saturated carbocycles. The largest absolute Gasteiger partial charge is 0.508 e. The van der Waals surface area contributed by atoms with Crippen LogP contribution < -0.4 is 0 Å². The summed E-state index contributed by atoms with van der Waals surface area (Å²) >= 11 is 0. The summed E-state index contributed by atoms with van der Waals surface area (Å²) in [6.45, 7) is 10.2. The van der Waals surface area contributed by atoms with Gasteiger partial charge in [0.25, 0.3) is 0 Å². The van der Waals surface area contributed by atoms with Gasteiger partial charge in [0.2, 0.25) is 5.91 Å². The number of carbonyl (C=O) groups is 1. The van der Waals surface area contributed by atoms with Crippen molar-refractivity contribution < 1.29 is 14.6 Å². The van der Waals surface area contributed by atoms with Crippen LogP contribution in [0.15, 0.2) is 24.3 Å². The van der Waals surface area contributed by atoms with Crippen LogP contribution in [0.5, 0.6) is 5.75 Å². The molecule has 1 fully saturated rings. The molecule has 5 nitrogen and oxygen atoms in total. The number of phenols is 1. The number of benzene rings is 1. The quantitative estimate of drug-likeness (QED) is 0.899. The number of para-hydroxylation sites is 1. The van der Waals surface area contributed by atoms with Crippen molar-refractivity contribution in [2.24, 2.45) is 5.92 Å². The molecule has 1 heterocycles. The second kappa shape index (κ2) is 7.99. The predicted molar refractivity (Wildman–Crippen MR) is 94.8 cm³/mol. The van der Waals surface area contributed by atoms with E-state index in [-0.39, 0.29) is 35.8 Å². The number of hydrogen-bond donors (Lipinski definition) is 1. The molecule has 0 aromatic heterocycles. The molecule has 3 unspecified atom stereocenters. The van der Waals surface area contributed by atoms with Crippen LogP contribution in [0, 0.1) is 5.92 Å². The molecule has 1 amide bonds. The highest BCUT2D eigenvalue weighted by molar-refractivity contribution is 5.82. The first kappa shape index (κ1) is 18.7. The summed E-state index contributed by atoms with van der Waals surface area (Å²) in [5.41, 5.74) is 0.763. The van der Waals surface area contributed by atoms with Gasteiger partial charge in [-0.25, -0.2) is 0 Å². The third-order valence-electron chi connectivity index (χ3n) is 4.50. The van der Waals surface area contributed by atoms with Crippen LogP contribution in [0.25, 0.3) is 0 Å². The smallest absolute Gasteiger partial charge is 0.240 e. The van der Waals surface area contributed by atoms with Crippen LogP contribution in [0.2, 0.25) is 0 Å². The van der Waals surface area contributed by atoms with E-state index in [1.807, 2.05) is 12.1 Å². The van der Waals surface area contributed by atoms with Crippen LogP contribution in [0.4, 0.5) is 0 Å². The lowest BCUT2D eigenvalue weighted by Gasteiger charge is -2.42. The maximum atomic E-state index is 13.1. The van der Waals surface area contributed by atoms with Gasteiger partial charge in [0.05, 0.1) is 18.2 Å². The number of phenolic OH excluding ortho intramolecular Hbond substituents is 1. The van der Waals surface area contributed by atoms with Crippen LogP contribution in [-0.4, -0.2) is 59.2 Å². The molecule has 134 valence electrons. The second-order valence-corrected chi connectivity index (χ2v) is 7.22. The van der Waals surface area contributed by atoms with Gasteiger partial charge in [0, 0.05) is 32.2 Å². The first-order chi connectivity index (χ1) is 11.3. The number of likely N-dealkylation sites (N-methyl/N-ethyl adjacent to an activating group) is 1. The standard InChI is InChI=1S/C19H30N2O3/c1-13(2)18(21-10-14(3)24-15(4)11-21)19(23)20(5)12-16-8-6-7-9-17(16)22/h6-9,13-15,18,22H,10-12H2,1-5H3. The fourth-order valence-corrected chi connectivity index (χ4v) is 3.51. The van der Waals surface area contributed by atoms with E-state index in [9.17, 15) is 9.90 Å². The zero-order valence-corrected chi connectivity index (χ0v) is 15.4. The normalized spacial score (nSPS) is 23.2. The minimum Gasteiger partial charge on any atom is -0.508 e. The van der Waals surface area contributed by atoms with E-state index in [0.29, 0.717) is 6.54 Å². The first-order valence-corrected chi connectivity index (χ1v) is 8.71. The van der Waals surface area contributed by atoms with Gasteiger partial charge in [-0.1, -0.05) is 32.0 Å². The van der Waals surface area contributed by atoms with E-state index in [1.54, 1.807) is 24.1 Å². The van der Waals surface area contributed by atoms with Gasteiger partial charge in [0.1, 0.15) is 5.75 Å². The molecule has 1 aliphatic heterocycles. The number of amides is 1. The third-order valence-corrected chi connectivity index (χ3v) is 4.50. The average Bonchev–Trinajstić information content (AvgIpc) is 2.48. The van der Waals surface area contributed by atoms with E-state index < -0.39 is 0 Å². The Morgan fingerprint density at radius 2 is 1.88 bits per heavy atom. The van der Waals surface area contributed by atoms with Crippen molar-refractivity contribution in [1.82, 2.24) is 9.80 Å². The summed E-state index contributed by atoms with van der Waals surface area (Å²) in [4.78, 5) is 17.0. The van der Waals surface area contributed by atoms with Crippen molar-refractivity contribution >= 4 is 5.91 Å². The lowest BCUT2D eigenvalue weighted by Crippen LogP contribution is -2.57. The molecule has 3 atom stereocenters. The third kappa shape index (κ3) is 4.48. The number of morpholine rings is 1. The highest BCUT2D eigenvalue weighted by atomic mass is 16.5.